The topological polar surface area (TPSA) is 12.0 Å². The molecule has 1 N–H and O–H groups in total. The maximum absolute atomic E-state index is 4.00. The van der Waals surface area contributed by atoms with Gasteiger partial charge >= 0.3 is 0 Å². The van der Waals surface area contributed by atoms with Gasteiger partial charge in [-0.2, -0.15) is 0 Å². The monoisotopic (exact) mass is 195 g/mol. The van der Waals surface area contributed by atoms with Crippen LogP contribution in [0.4, 0.5) is 0 Å². The minimum absolute atomic E-state index is 0.921. The molecule has 0 saturated carbocycles. The third kappa shape index (κ3) is 9.37. The van der Waals surface area contributed by atoms with Gasteiger partial charge in [-0.3, -0.25) is 0 Å². The van der Waals surface area contributed by atoms with E-state index in [0.717, 1.165) is 13.0 Å². The molecule has 0 radical (unpaired) electrons. The number of unbranched alkanes of at least 4 members (excludes halogenated alkanes) is 4. The van der Waals surface area contributed by atoms with Crippen molar-refractivity contribution in [3.63, 3.8) is 0 Å². The largest absolute Gasteiger partial charge is 0.385 e. The SMILES string of the molecule is C=C(CCCCCCC)NC/C=C/C. The summed E-state index contributed by atoms with van der Waals surface area (Å²) in [5, 5.41) is 3.29. The van der Waals surface area contributed by atoms with Gasteiger partial charge in [0.1, 0.15) is 0 Å². The van der Waals surface area contributed by atoms with E-state index in [1.165, 1.54) is 37.8 Å². The molecule has 0 amide bonds. The summed E-state index contributed by atoms with van der Waals surface area (Å²) in [6.45, 7) is 9.20. The van der Waals surface area contributed by atoms with E-state index in [-0.39, 0.29) is 0 Å². The molecular weight excluding hydrogens is 170 g/mol. The molecule has 0 spiro atoms. The Morgan fingerprint density at radius 1 is 1.21 bits per heavy atom. The van der Waals surface area contributed by atoms with E-state index < -0.39 is 0 Å². The van der Waals surface area contributed by atoms with Crippen LogP contribution in [0.3, 0.4) is 0 Å². The summed E-state index contributed by atoms with van der Waals surface area (Å²) >= 11 is 0. The van der Waals surface area contributed by atoms with Gasteiger partial charge in [0.05, 0.1) is 0 Å². The summed E-state index contributed by atoms with van der Waals surface area (Å²) < 4.78 is 0. The number of nitrogens with one attached hydrogen (secondary N) is 1. The highest BCUT2D eigenvalue weighted by atomic mass is 14.9. The second-order valence-electron chi connectivity index (χ2n) is 3.72. The van der Waals surface area contributed by atoms with Crippen molar-refractivity contribution in [2.24, 2.45) is 0 Å². The van der Waals surface area contributed by atoms with E-state index in [0.29, 0.717) is 0 Å². The van der Waals surface area contributed by atoms with Gasteiger partial charge in [0, 0.05) is 12.2 Å². The fourth-order valence-electron chi connectivity index (χ4n) is 1.35. The van der Waals surface area contributed by atoms with Crippen LogP contribution in [-0.4, -0.2) is 6.54 Å². The summed E-state index contributed by atoms with van der Waals surface area (Å²) in [4.78, 5) is 0. The first-order chi connectivity index (χ1) is 6.81. The zero-order valence-electron chi connectivity index (χ0n) is 9.81. The Morgan fingerprint density at radius 3 is 2.57 bits per heavy atom. The normalized spacial score (nSPS) is 10.7. The molecule has 0 aromatic carbocycles. The number of hydrogen-bond acceptors (Lipinski definition) is 1. The molecule has 1 nitrogen and oxygen atoms in total. The highest BCUT2D eigenvalue weighted by Gasteiger charge is 1.92. The van der Waals surface area contributed by atoms with E-state index in [1.807, 2.05) is 6.92 Å². The van der Waals surface area contributed by atoms with Gasteiger partial charge in [0.25, 0.3) is 0 Å². The molecule has 0 aromatic heterocycles. The van der Waals surface area contributed by atoms with Crippen molar-refractivity contribution in [3.8, 4) is 0 Å². The lowest BCUT2D eigenvalue weighted by molar-refractivity contribution is 0.619. The Labute approximate surface area is 89.3 Å². The van der Waals surface area contributed by atoms with Gasteiger partial charge in [-0.05, 0) is 19.8 Å². The summed E-state index contributed by atoms with van der Waals surface area (Å²) in [7, 11) is 0. The Morgan fingerprint density at radius 2 is 1.93 bits per heavy atom. The van der Waals surface area contributed by atoms with Crippen molar-refractivity contribution < 1.29 is 0 Å². The molecule has 0 fully saturated rings. The van der Waals surface area contributed by atoms with E-state index in [9.17, 15) is 0 Å². The molecule has 1 heteroatoms. The fourth-order valence-corrected chi connectivity index (χ4v) is 1.35. The summed E-state index contributed by atoms with van der Waals surface area (Å²) in [6.07, 6.45) is 12.0. The zero-order valence-corrected chi connectivity index (χ0v) is 9.81. The molecule has 0 unspecified atom stereocenters. The van der Waals surface area contributed by atoms with Gasteiger partial charge in [0.2, 0.25) is 0 Å². The van der Waals surface area contributed by atoms with Gasteiger partial charge < -0.3 is 5.32 Å². The molecule has 0 atom stereocenters. The van der Waals surface area contributed by atoms with E-state index in [2.05, 4.69) is 31.0 Å². The lowest BCUT2D eigenvalue weighted by Crippen LogP contribution is -2.11. The van der Waals surface area contributed by atoms with Crippen LogP contribution in [0.5, 0.6) is 0 Å². The minimum atomic E-state index is 0.921. The Balaban J connectivity index is 3.18. The molecule has 0 bridgehead atoms. The third-order valence-electron chi connectivity index (χ3n) is 2.29. The molecule has 0 aliphatic rings. The Hall–Kier alpha value is -0.720. The maximum Gasteiger partial charge on any atom is 0.0327 e. The Bertz CT molecular complexity index is 159. The van der Waals surface area contributed by atoms with E-state index >= 15 is 0 Å². The molecule has 0 rings (SSSR count). The van der Waals surface area contributed by atoms with Crippen LogP contribution in [0.15, 0.2) is 24.4 Å². The number of hydrogen-bond donors (Lipinski definition) is 1. The predicted molar refractivity (Wildman–Crippen MR) is 65.3 cm³/mol. The zero-order chi connectivity index (χ0) is 10.6. The third-order valence-corrected chi connectivity index (χ3v) is 2.29. The number of allylic oxidation sites excluding steroid dienone is 2. The lowest BCUT2D eigenvalue weighted by atomic mass is 10.1. The van der Waals surface area contributed by atoms with Crippen molar-refractivity contribution in [1.82, 2.24) is 5.32 Å². The van der Waals surface area contributed by atoms with Crippen molar-refractivity contribution in [1.29, 1.82) is 0 Å². The van der Waals surface area contributed by atoms with Crippen LogP contribution in [0.2, 0.25) is 0 Å². The smallest absolute Gasteiger partial charge is 0.0327 e. The first kappa shape index (κ1) is 13.3. The van der Waals surface area contributed by atoms with Gasteiger partial charge in [-0.15, -0.1) is 0 Å². The molecule has 0 heterocycles. The van der Waals surface area contributed by atoms with Crippen LogP contribution in [0.1, 0.15) is 52.4 Å². The molecule has 0 aromatic rings. The average molecular weight is 195 g/mol. The second-order valence-corrected chi connectivity index (χ2v) is 3.72. The van der Waals surface area contributed by atoms with Crippen LogP contribution in [0, 0.1) is 0 Å². The summed E-state index contributed by atoms with van der Waals surface area (Å²) in [6, 6.07) is 0. The van der Waals surface area contributed by atoms with Crippen molar-refractivity contribution in [3.05, 3.63) is 24.4 Å². The van der Waals surface area contributed by atoms with Crippen LogP contribution in [0.25, 0.3) is 0 Å². The van der Waals surface area contributed by atoms with Crippen LogP contribution >= 0.6 is 0 Å². The molecule has 82 valence electrons. The first-order valence-corrected chi connectivity index (χ1v) is 5.84. The van der Waals surface area contributed by atoms with Crippen LogP contribution in [-0.2, 0) is 0 Å². The molecule has 0 aliphatic carbocycles. The first-order valence-electron chi connectivity index (χ1n) is 5.84. The molecule has 0 saturated heterocycles. The summed E-state index contributed by atoms with van der Waals surface area (Å²) in [5.74, 6) is 0. The molecule has 14 heavy (non-hydrogen) atoms. The number of rotatable bonds is 9. The fraction of sp³-hybridized carbons (Fsp3) is 0.692. The summed E-state index contributed by atoms with van der Waals surface area (Å²) in [5.41, 5.74) is 1.18. The predicted octanol–water partition coefficient (Wildman–Crippen LogP) is 4.03. The van der Waals surface area contributed by atoms with E-state index in [4.69, 9.17) is 0 Å². The lowest BCUT2D eigenvalue weighted by Gasteiger charge is -2.06. The molecular formula is C13H25N. The second kappa shape index (κ2) is 10.4. The molecule has 0 aliphatic heterocycles. The van der Waals surface area contributed by atoms with Gasteiger partial charge in [0.15, 0.2) is 0 Å². The maximum atomic E-state index is 4.00. The standard InChI is InChI=1S/C13H25N/c1-4-6-8-9-10-11-13(3)14-12-7-5-2/h5,7,14H,3-4,6,8-12H2,1-2H3/b7-5+. The van der Waals surface area contributed by atoms with Crippen molar-refractivity contribution in [2.75, 3.05) is 6.54 Å². The van der Waals surface area contributed by atoms with Crippen LogP contribution < -0.4 is 5.32 Å². The van der Waals surface area contributed by atoms with E-state index in [1.54, 1.807) is 0 Å². The average Bonchev–Trinajstić information content (AvgIpc) is 2.18. The minimum Gasteiger partial charge on any atom is -0.385 e. The highest BCUT2D eigenvalue weighted by molar-refractivity contribution is 4.94. The highest BCUT2D eigenvalue weighted by Crippen LogP contribution is 2.07. The Kier molecular flexibility index (Phi) is 9.83. The van der Waals surface area contributed by atoms with Crippen molar-refractivity contribution in [2.45, 2.75) is 52.4 Å². The van der Waals surface area contributed by atoms with Gasteiger partial charge in [-0.25, -0.2) is 0 Å². The quantitative estimate of drug-likeness (QED) is 0.433. The van der Waals surface area contributed by atoms with Gasteiger partial charge in [-0.1, -0.05) is 51.3 Å². The van der Waals surface area contributed by atoms with Crippen molar-refractivity contribution >= 4 is 0 Å².